The molecule has 0 aromatic heterocycles. The van der Waals surface area contributed by atoms with Gasteiger partial charge in [-0.15, -0.1) is 0 Å². The summed E-state index contributed by atoms with van der Waals surface area (Å²) in [5, 5.41) is 0. The van der Waals surface area contributed by atoms with E-state index in [0.29, 0.717) is 12.2 Å². The van der Waals surface area contributed by atoms with Crippen molar-refractivity contribution in [3.8, 4) is 5.75 Å². The third-order valence-corrected chi connectivity index (χ3v) is 5.01. The number of carbonyl (C=O) groups is 1. The average molecular weight is 292 g/mol. The second-order valence-corrected chi connectivity index (χ2v) is 6.54. The number of hydrogen-bond donors (Lipinski definition) is 0. The molecule has 0 bridgehead atoms. The molecule has 2 nitrogen and oxygen atoms in total. The molecule has 0 fully saturated rings. The predicted octanol–water partition coefficient (Wildman–Crippen LogP) is 5.03. The van der Waals surface area contributed by atoms with Crippen molar-refractivity contribution in [1.82, 2.24) is 0 Å². The van der Waals surface area contributed by atoms with Gasteiger partial charge >= 0.3 is 5.97 Å². The minimum absolute atomic E-state index is 0.159. The molecule has 1 aromatic rings. The number of esters is 1. The van der Waals surface area contributed by atoms with E-state index in [1.54, 1.807) is 21.6 Å². The minimum atomic E-state index is -0.159. The Morgan fingerprint density at radius 3 is 2.58 bits per heavy atom. The van der Waals surface area contributed by atoms with E-state index in [9.17, 15) is 4.79 Å². The lowest BCUT2D eigenvalue weighted by Gasteiger charge is -2.05. The quantitative estimate of drug-likeness (QED) is 0.432. The molecule has 1 aliphatic heterocycles. The molecule has 0 atom stereocenters. The van der Waals surface area contributed by atoms with Crippen molar-refractivity contribution in [2.24, 2.45) is 0 Å². The van der Waals surface area contributed by atoms with Crippen molar-refractivity contribution < 1.29 is 9.53 Å². The minimum Gasteiger partial charge on any atom is -0.427 e. The lowest BCUT2D eigenvalue weighted by molar-refractivity contribution is -0.134. The highest BCUT2D eigenvalue weighted by atomic mass is 33.1. The highest BCUT2D eigenvalue weighted by Gasteiger charge is 2.12. The fourth-order valence-electron chi connectivity index (χ4n) is 1.62. The van der Waals surface area contributed by atoms with Crippen LogP contribution < -0.4 is 4.74 Å². The number of carbonyl (C=O) groups excluding carboxylic acids is 1. The molecular formula is C15H16O2S2. The molecule has 19 heavy (non-hydrogen) atoms. The van der Waals surface area contributed by atoms with Crippen molar-refractivity contribution in [1.29, 1.82) is 0 Å². The molecule has 0 saturated carbocycles. The van der Waals surface area contributed by atoms with Crippen LogP contribution in [0.25, 0.3) is 4.91 Å². The molecule has 0 aliphatic carbocycles. The molecule has 0 amide bonds. The third-order valence-electron chi connectivity index (χ3n) is 2.64. The first-order chi connectivity index (χ1) is 9.19. The van der Waals surface area contributed by atoms with Crippen LogP contribution in [0.1, 0.15) is 31.7 Å². The molecule has 4 heteroatoms. The maximum atomic E-state index is 11.5. The first kappa shape index (κ1) is 14.3. The molecule has 1 aliphatic rings. The molecular weight excluding hydrogens is 276 g/mol. The van der Waals surface area contributed by atoms with E-state index in [2.05, 4.69) is 19.6 Å². The Morgan fingerprint density at radius 1 is 1.26 bits per heavy atom. The monoisotopic (exact) mass is 292 g/mol. The molecule has 1 aromatic carbocycles. The maximum Gasteiger partial charge on any atom is 0.311 e. The van der Waals surface area contributed by atoms with E-state index in [1.165, 1.54) is 4.91 Å². The highest BCUT2D eigenvalue weighted by Crippen LogP contribution is 2.48. The van der Waals surface area contributed by atoms with E-state index in [-0.39, 0.29) is 5.97 Å². The lowest BCUT2D eigenvalue weighted by Crippen LogP contribution is -2.07. The van der Waals surface area contributed by atoms with Crippen LogP contribution in [0.2, 0.25) is 0 Å². The Labute approximate surface area is 121 Å². The number of unbranched alkanes of at least 4 members (excludes halogenated alkanes) is 1. The zero-order chi connectivity index (χ0) is 13.7. The molecule has 100 valence electrons. The smallest absolute Gasteiger partial charge is 0.311 e. The van der Waals surface area contributed by atoms with Crippen LogP contribution in [0.15, 0.2) is 41.8 Å². The van der Waals surface area contributed by atoms with E-state index in [1.807, 2.05) is 24.3 Å². The SMILES string of the molecule is C=C1C=C(c2ccc(OC(=O)CCCC)cc2)SS1. The van der Waals surface area contributed by atoms with Gasteiger partial charge in [-0.2, -0.15) is 0 Å². The summed E-state index contributed by atoms with van der Waals surface area (Å²) in [6.45, 7) is 5.97. The van der Waals surface area contributed by atoms with Crippen LogP contribution in [0, 0.1) is 0 Å². The summed E-state index contributed by atoms with van der Waals surface area (Å²) < 4.78 is 5.27. The van der Waals surface area contributed by atoms with Gasteiger partial charge in [-0.05, 0) is 30.2 Å². The van der Waals surface area contributed by atoms with Crippen molar-refractivity contribution >= 4 is 32.5 Å². The topological polar surface area (TPSA) is 26.3 Å². The number of rotatable bonds is 5. The van der Waals surface area contributed by atoms with Gasteiger partial charge in [-0.3, -0.25) is 4.79 Å². The standard InChI is InChI=1S/C15H16O2S2/c1-3-4-5-15(16)17-13-8-6-12(7-9-13)14-10-11(2)18-19-14/h6-10H,2-5H2,1H3. The van der Waals surface area contributed by atoms with E-state index in [0.717, 1.165) is 23.3 Å². The Bertz CT molecular complexity index is 503. The van der Waals surface area contributed by atoms with Crippen molar-refractivity contribution in [3.63, 3.8) is 0 Å². The Hall–Kier alpha value is -1.13. The summed E-state index contributed by atoms with van der Waals surface area (Å²) in [4.78, 5) is 13.8. The first-order valence-electron chi connectivity index (χ1n) is 6.25. The van der Waals surface area contributed by atoms with Gasteiger partial charge in [0.15, 0.2) is 0 Å². The van der Waals surface area contributed by atoms with Crippen LogP contribution in [0.3, 0.4) is 0 Å². The summed E-state index contributed by atoms with van der Waals surface area (Å²) >= 11 is 0. The lowest BCUT2D eigenvalue weighted by atomic mass is 10.2. The normalized spacial score (nSPS) is 14.4. The Kier molecular flexibility index (Phi) is 5.16. The van der Waals surface area contributed by atoms with Gasteiger partial charge in [0, 0.05) is 16.2 Å². The second-order valence-electron chi connectivity index (χ2n) is 4.24. The van der Waals surface area contributed by atoms with Gasteiger partial charge in [0.25, 0.3) is 0 Å². The molecule has 0 unspecified atom stereocenters. The third kappa shape index (κ3) is 4.18. The Balaban J connectivity index is 1.97. The van der Waals surface area contributed by atoms with Gasteiger partial charge in [-0.25, -0.2) is 0 Å². The van der Waals surface area contributed by atoms with E-state index in [4.69, 9.17) is 4.74 Å². The predicted molar refractivity (Wildman–Crippen MR) is 83.9 cm³/mol. The number of hydrogen-bond acceptors (Lipinski definition) is 4. The van der Waals surface area contributed by atoms with Crippen molar-refractivity contribution in [2.75, 3.05) is 0 Å². The first-order valence-corrected chi connectivity index (χ1v) is 8.40. The maximum absolute atomic E-state index is 11.5. The van der Waals surface area contributed by atoms with Gasteiger partial charge in [0.2, 0.25) is 0 Å². The zero-order valence-corrected chi connectivity index (χ0v) is 12.5. The number of benzene rings is 1. The molecule has 2 rings (SSSR count). The van der Waals surface area contributed by atoms with Gasteiger partial charge in [0.1, 0.15) is 5.75 Å². The van der Waals surface area contributed by atoms with Gasteiger partial charge < -0.3 is 4.74 Å². The summed E-state index contributed by atoms with van der Waals surface area (Å²) in [6.07, 6.45) is 4.42. The van der Waals surface area contributed by atoms with Crippen LogP contribution >= 0.6 is 21.6 Å². The van der Waals surface area contributed by atoms with Gasteiger partial charge in [0.05, 0.1) is 0 Å². The average Bonchev–Trinajstić information content (AvgIpc) is 2.84. The highest BCUT2D eigenvalue weighted by molar-refractivity contribution is 8.82. The summed E-state index contributed by atoms with van der Waals surface area (Å²) in [5.74, 6) is 0.452. The van der Waals surface area contributed by atoms with Crippen molar-refractivity contribution in [3.05, 3.63) is 47.4 Å². The zero-order valence-electron chi connectivity index (χ0n) is 10.8. The van der Waals surface area contributed by atoms with Crippen LogP contribution in [-0.4, -0.2) is 5.97 Å². The number of ether oxygens (including phenoxy) is 1. The van der Waals surface area contributed by atoms with Crippen LogP contribution in [-0.2, 0) is 4.79 Å². The van der Waals surface area contributed by atoms with Gasteiger partial charge in [-0.1, -0.05) is 53.6 Å². The molecule has 1 heterocycles. The van der Waals surface area contributed by atoms with E-state index >= 15 is 0 Å². The fraction of sp³-hybridized carbons (Fsp3) is 0.267. The van der Waals surface area contributed by atoms with Crippen LogP contribution in [0.5, 0.6) is 5.75 Å². The Morgan fingerprint density at radius 2 is 2.00 bits per heavy atom. The molecule has 0 saturated heterocycles. The largest absolute Gasteiger partial charge is 0.427 e. The summed E-state index contributed by atoms with van der Waals surface area (Å²) in [7, 11) is 3.37. The van der Waals surface area contributed by atoms with E-state index < -0.39 is 0 Å². The number of allylic oxidation sites excluding steroid dienone is 1. The molecule has 0 radical (unpaired) electrons. The second kappa shape index (κ2) is 6.87. The molecule has 0 spiro atoms. The fourth-order valence-corrected chi connectivity index (χ4v) is 3.64. The van der Waals surface area contributed by atoms with Crippen molar-refractivity contribution in [2.45, 2.75) is 26.2 Å². The van der Waals surface area contributed by atoms with Crippen LogP contribution in [0.4, 0.5) is 0 Å². The molecule has 0 N–H and O–H groups in total. The summed E-state index contributed by atoms with van der Waals surface area (Å²) in [6, 6.07) is 7.62. The summed E-state index contributed by atoms with van der Waals surface area (Å²) in [5.41, 5.74) is 1.13.